The van der Waals surface area contributed by atoms with E-state index in [-0.39, 0.29) is 5.91 Å². The van der Waals surface area contributed by atoms with Crippen LogP contribution < -0.4 is 14.4 Å². The number of benzene rings is 3. The number of amides is 1. The fourth-order valence-electron chi connectivity index (χ4n) is 3.23. The molecule has 33 heavy (non-hydrogen) atoms. The van der Waals surface area contributed by atoms with E-state index < -0.39 is 0 Å². The number of halogens is 2. The quantitative estimate of drug-likeness (QED) is 0.160. The molecule has 0 aliphatic carbocycles. The normalized spacial score (nSPS) is 14.8. The smallest absolute Gasteiger partial charge is 0.270 e. The number of anilines is 1. The number of carbonyl (C=O) groups excluding carboxylic acids is 1. The zero-order valence-electron chi connectivity index (χ0n) is 17.6. The molecule has 4 rings (SSSR count). The second-order valence-electron chi connectivity index (χ2n) is 7.03. The van der Waals surface area contributed by atoms with Crippen LogP contribution in [0.2, 0.25) is 5.02 Å². The molecule has 0 bridgehead atoms. The Kier molecular flexibility index (Phi) is 7.95. The summed E-state index contributed by atoms with van der Waals surface area (Å²) in [5.74, 6) is 1.16. The molecule has 0 aromatic heterocycles. The Morgan fingerprint density at radius 3 is 2.52 bits per heavy atom. The summed E-state index contributed by atoms with van der Waals surface area (Å²) in [6.45, 7) is 2.81. The molecule has 1 aliphatic heterocycles. The maximum atomic E-state index is 13.0. The van der Waals surface area contributed by atoms with E-state index in [9.17, 15) is 4.79 Å². The summed E-state index contributed by atoms with van der Waals surface area (Å²) < 4.78 is 13.3. The summed E-state index contributed by atoms with van der Waals surface area (Å²) >= 11 is 15.0. The molecule has 8 heteroatoms. The van der Waals surface area contributed by atoms with Crippen LogP contribution >= 0.6 is 58.2 Å². The molecule has 0 radical (unpaired) electrons. The number of rotatable bonds is 7. The second-order valence-corrected chi connectivity index (χ2v) is 10.3. The minimum atomic E-state index is -0.132. The number of ether oxygens (including phenoxy) is 2. The highest BCUT2D eigenvalue weighted by Crippen LogP contribution is 2.39. The van der Waals surface area contributed by atoms with Gasteiger partial charge in [0.2, 0.25) is 0 Å². The van der Waals surface area contributed by atoms with Gasteiger partial charge in [-0.15, -0.1) is 0 Å². The van der Waals surface area contributed by atoms with Crippen molar-refractivity contribution in [3.8, 4) is 11.5 Å². The highest BCUT2D eigenvalue weighted by molar-refractivity contribution is 14.1. The van der Waals surface area contributed by atoms with Gasteiger partial charge in [-0.1, -0.05) is 65.9 Å². The Balaban J connectivity index is 1.59. The lowest BCUT2D eigenvalue weighted by molar-refractivity contribution is -0.113. The van der Waals surface area contributed by atoms with E-state index in [2.05, 4.69) is 22.6 Å². The molecule has 0 N–H and O–H groups in total. The summed E-state index contributed by atoms with van der Waals surface area (Å²) in [5, 5.41) is 0.686. The molecule has 0 saturated carbocycles. The molecule has 4 nitrogen and oxygen atoms in total. The van der Waals surface area contributed by atoms with Gasteiger partial charge in [0.1, 0.15) is 6.61 Å². The topological polar surface area (TPSA) is 38.8 Å². The van der Waals surface area contributed by atoms with Crippen molar-refractivity contribution in [3.05, 3.63) is 91.4 Å². The number of hydrogen-bond donors (Lipinski definition) is 0. The van der Waals surface area contributed by atoms with E-state index in [1.165, 1.54) is 11.8 Å². The van der Waals surface area contributed by atoms with Gasteiger partial charge < -0.3 is 9.47 Å². The second kappa shape index (κ2) is 10.9. The zero-order chi connectivity index (χ0) is 23.4. The molecule has 0 spiro atoms. The number of nitrogens with zero attached hydrogens (tertiary/aromatic N) is 1. The van der Waals surface area contributed by atoms with Crippen LogP contribution in [0.5, 0.6) is 11.5 Å². The van der Waals surface area contributed by atoms with E-state index in [1.807, 2.05) is 79.7 Å². The lowest BCUT2D eigenvalue weighted by Crippen LogP contribution is -2.27. The third-order valence-corrected chi connectivity index (χ3v) is 7.09. The molecule has 3 aromatic carbocycles. The highest BCUT2D eigenvalue weighted by atomic mass is 127. The summed E-state index contributed by atoms with van der Waals surface area (Å²) in [6, 6.07) is 20.8. The number of hydrogen-bond acceptors (Lipinski definition) is 5. The Hall–Kier alpha value is -2.07. The minimum Gasteiger partial charge on any atom is -0.490 e. The van der Waals surface area contributed by atoms with Gasteiger partial charge in [-0.2, -0.15) is 0 Å². The molecule has 168 valence electrons. The van der Waals surface area contributed by atoms with Gasteiger partial charge in [-0.05, 0) is 83.1 Å². The van der Waals surface area contributed by atoms with Crippen molar-refractivity contribution in [3.63, 3.8) is 0 Å². The van der Waals surface area contributed by atoms with Gasteiger partial charge >= 0.3 is 0 Å². The Morgan fingerprint density at radius 2 is 1.82 bits per heavy atom. The predicted molar refractivity (Wildman–Crippen MR) is 148 cm³/mol. The Morgan fingerprint density at radius 1 is 1.09 bits per heavy atom. The summed E-state index contributed by atoms with van der Waals surface area (Å²) in [7, 11) is 0. The van der Waals surface area contributed by atoms with Gasteiger partial charge in [0, 0.05) is 5.02 Å². The van der Waals surface area contributed by atoms with E-state index in [0.717, 1.165) is 20.4 Å². The Bertz CT molecular complexity index is 1220. The zero-order valence-corrected chi connectivity index (χ0v) is 22.1. The van der Waals surface area contributed by atoms with Gasteiger partial charge in [0.05, 0.1) is 20.8 Å². The van der Waals surface area contributed by atoms with Crippen LogP contribution in [-0.2, 0) is 11.4 Å². The van der Waals surface area contributed by atoms with E-state index >= 15 is 0 Å². The first kappa shape index (κ1) is 24.1. The molecule has 0 unspecified atom stereocenters. The third kappa shape index (κ3) is 5.71. The van der Waals surface area contributed by atoms with Gasteiger partial charge in [0.15, 0.2) is 15.8 Å². The van der Waals surface area contributed by atoms with Crippen LogP contribution in [0.25, 0.3) is 6.08 Å². The molecular formula is C25H19ClINO3S2. The van der Waals surface area contributed by atoms with Gasteiger partial charge in [-0.3, -0.25) is 9.69 Å². The average molecular weight is 608 g/mol. The summed E-state index contributed by atoms with van der Waals surface area (Å²) in [5.41, 5.74) is 2.61. The molecule has 1 saturated heterocycles. The first-order chi connectivity index (χ1) is 16.0. The average Bonchev–Trinajstić information content (AvgIpc) is 3.08. The number of carbonyl (C=O) groups is 1. The molecule has 1 heterocycles. The molecule has 1 fully saturated rings. The van der Waals surface area contributed by atoms with Crippen molar-refractivity contribution < 1.29 is 14.3 Å². The maximum Gasteiger partial charge on any atom is 0.270 e. The first-order valence-electron chi connectivity index (χ1n) is 10.1. The van der Waals surface area contributed by atoms with Crippen molar-refractivity contribution in [1.82, 2.24) is 0 Å². The molecule has 0 atom stereocenters. The predicted octanol–water partition coefficient (Wildman–Crippen LogP) is 7.33. The van der Waals surface area contributed by atoms with Crippen molar-refractivity contribution >= 4 is 80.2 Å². The van der Waals surface area contributed by atoms with Crippen LogP contribution in [0.3, 0.4) is 0 Å². The lowest BCUT2D eigenvalue weighted by atomic mass is 10.1. The SMILES string of the molecule is CCOc1cc(/C=C2/SC(=S)N(c3ccccc3)C2=O)cc(I)c1OCc1ccc(Cl)cc1. The van der Waals surface area contributed by atoms with Crippen LogP contribution in [0.15, 0.2) is 71.6 Å². The fraction of sp³-hybridized carbons (Fsp3) is 0.120. The van der Waals surface area contributed by atoms with Gasteiger partial charge in [0.25, 0.3) is 5.91 Å². The molecule has 1 aliphatic rings. The standard InChI is InChI=1S/C25H19ClINO3S2/c1-2-30-21-13-17(12-20(27)23(21)31-15-16-8-10-18(26)11-9-16)14-22-24(29)28(25(32)33-22)19-6-4-3-5-7-19/h3-14H,2,15H2,1H3/b22-14+. The number of para-hydroxylation sites is 1. The molecule has 1 amide bonds. The highest BCUT2D eigenvalue weighted by Gasteiger charge is 2.33. The number of thioether (sulfide) groups is 1. The van der Waals surface area contributed by atoms with Crippen molar-refractivity contribution in [1.29, 1.82) is 0 Å². The van der Waals surface area contributed by atoms with Crippen molar-refractivity contribution in [2.45, 2.75) is 13.5 Å². The van der Waals surface area contributed by atoms with Crippen LogP contribution in [0.1, 0.15) is 18.1 Å². The largest absolute Gasteiger partial charge is 0.490 e. The first-order valence-corrected chi connectivity index (χ1v) is 12.8. The van der Waals surface area contributed by atoms with E-state index in [0.29, 0.717) is 39.0 Å². The van der Waals surface area contributed by atoms with Crippen molar-refractivity contribution in [2.75, 3.05) is 11.5 Å². The summed E-state index contributed by atoms with van der Waals surface area (Å²) in [6.07, 6.45) is 1.84. The maximum absolute atomic E-state index is 13.0. The van der Waals surface area contributed by atoms with Crippen molar-refractivity contribution in [2.24, 2.45) is 0 Å². The van der Waals surface area contributed by atoms with E-state index in [1.54, 1.807) is 4.90 Å². The lowest BCUT2D eigenvalue weighted by Gasteiger charge is -2.15. The minimum absolute atomic E-state index is 0.132. The van der Waals surface area contributed by atoms with Gasteiger partial charge in [-0.25, -0.2) is 0 Å². The van der Waals surface area contributed by atoms with E-state index in [4.69, 9.17) is 33.3 Å². The summed E-state index contributed by atoms with van der Waals surface area (Å²) in [4.78, 5) is 15.2. The number of thiocarbonyl (C=S) groups is 1. The fourth-order valence-corrected chi connectivity index (χ4v) is 5.44. The van der Waals surface area contributed by atoms with Crippen LogP contribution in [-0.4, -0.2) is 16.8 Å². The monoisotopic (exact) mass is 607 g/mol. The molecular weight excluding hydrogens is 589 g/mol. The van der Waals surface area contributed by atoms with Crippen LogP contribution in [0.4, 0.5) is 5.69 Å². The van der Waals surface area contributed by atoms with Crippen LogP contribution in [0, 0.1) is 3.57 Å². The third-order valence-electron chi connectivity index (χ3n) is 4.73. The molecule has 3 aromatic rings. The Labute approximate surface area is 221 Å².